The second-order valence-corrected chi connectivity index (χ2v) is 27.2. The van der Waals surface area contributed by atoms with E-state index in [0.29, 0.717) is 0 Å². The van der Waals surface area contributed by atoms with Gasteiger partial charge in [-0.25, -0.2) is 0 Å². The fraction of sp³-hybridized carbons (Fsp3) is 0.231. The quantitative estimate of drug-likeness (QED) is 0.208. The van der Waals surface area contributed by atoms with Crippen LogP contribution in [0.2, 0.25) is 39.3 Å². The molecule has 0 atom stereocenters. The number of benzene rings is 4. The molecule has 0 saturated carbocycles. The van der Waals surface area contributed by atoms with Crippen molar-refractivity contribution in [1.82, 2.24) is 0 Å². The van der Waals surface area contributed by atoms with Crippen LogP contribution in [-0.2, 0) is 0 Å². The highest BCUT2D eigenvalue weighted by molar-refractivity contribution is 7.09. The van der Waals surface area contributed by atoms with Crippen molar-refractivity contribution in [3.8, 4) is 0 Å². The van der Waals surface area contributed by atoms with Crippen molar-refractivity contribution in [2.75, 3.05) is 0 Å². The molecule has 0 amide bonds. The lowest BCUT2D eigenvalue weighted by molar-refractivity contribution is 1.53. The summed E-state index contributed by atoms with van der Waals surface area (Å²) in [5, 5.41) is 9.61. The van der Waals surface area contributed by atoms with Crippen LogP contribution < -0.4 is 15.6 Å². The van der Waals surface area contributed by atoms with E-state index in [1.54, 1.807) is 31.1 Å². The minimum atomic E-state index is -1.88. The molecule has 4 aromatic carbocycles. The van der Waals surface area contributed by atoms with E-state index in [4.69, 9.17) is 0 Å². The van der Waals surface area contributed by atoms with Gasteiger partial charge in [-0.15, -0.1) is 0 Å². The topological polar surface area (TPSA) is 0 Å². The number of rotatable bonds is 3. The fourth-order valence-corrected chi connectivity index (χ4v) is 20.1. The Balaban J connectivity index is 1.53. The van der Waals surface area contributed by atoms with E-state index in [9.17, 15) is 0 Å². The van der Waals surface area contributed by atoms with Crippen molar-refractivity contribution >= 4 is 72.1 Å². The molecule has 0 unspecified atom stereocenters. The van der Waals surface area contributed by atoms with E-state index in [0.717, 1.165) is 0 Å². The second kappa shape index (κ2) is 9.12. The van der Waals surface area contributed by atoms with Crippen LogP contribution in [-0.4, -0.2) is 24.2 Å². The first-order valence-electron chi connectivity index (χ1n) is 15.5. The number of fused-ring (bicyclic) bond motifs is 3. The van der Waals surface area contributed by atoms with E-state index >= 15 is 0 Å². The molecule has 0 aliphatic carbocycles. The Morgan fingerprint density at radius 3 is 0.833 bits per heavy atom. The first kappa shape index (κ1) is 27.6. The predicted molar refractivity (Wildman–Crippen MR) is 195 cm³/mol. The summed E-state index contributed by atoms with van der Waals surface area (Å²) in [6.07, 6.45) is 0. The van der Waals surface area contributed by atoms with Gasteiger partial charge in [0.25, 0.3) is 0 Å². The number of allylic oxidation sites excluding steroid dienone is 3. The van der Waals surface area contributed by atoms with Crippen LogP contribution in [0, 0.1) is 0 Å². The van der Waals surface area contributed by atoms with Crippen LogP contribution in [0.5, 0.6) is 0 Å². The molecule has 4 aromatic rings. The Kier molecular flexibility index (Phi) is 5.99. The van der Waals surface area contributed by atoms with Gasteiger partial charge in [-0.05, 0) is 120 Å². The van der Waals surface area contributed by atoms with Gasteiger partial charge in [0, 0.05) is 0 Å². The summed E-state index contributed by atoms with van der Waals surface area (Å²) in [6, 6.07) is 35.4. The Labute approximate surface area is 255 Å². The molecule has 0 saturated heterocycles. The van der Waals surface area contributed by atoms with Crippen LogP contribution >= 0.6 is 0 Å². The molecule has 0 N–H and O–H groups in total. The lowest BCUT2D eigenvalue weighted by Crippen LogP contribution is -2.42. The first-order chi connectivity index (χ1) is 19.9. The van der Waals surface area contributed by atoms with Crippen molar-refractivity contribution < 1.29 is 0 Å². The molecule has 3 heteroatoms. The predicted octanol–water partition coefficient (Wildman–Crippen LogP) is 8.88. The number of hydrogen-bond acceptors (Lipinski definition) is 0. The zero-order chi connectivity index (χ0) is 29.8. The zero-order valence-electron chi connectivity index (χ0n) is 26.7. The van der Waals surface area contributed by atoms with Gasteiger partial charge in [0.15, 0.2) is 0 Å². The zero-order valence-corrected chi connectivity index (χ0v) is 29.7. The molecule has 210 valence electrons. The maximum Gasteiger partial charge on any atom is 0.114 e. The highest BCUT2D eigenvalue weighted by Crippen LogP contribution is 2.47. The van der Waals surface area contributed by atoms with E-state index in [2.05, 4.69) is 151 Å². The molecule has 3 heterocycles. The Hall–Kier alpha value is -3.25. The van der Waals surface area contributed by atoms with Crippen LogP contribution in [0.3, 0.4) is 0 Å². The maximum absolute atomic E-state index is 2.59. The van der Waals surface area contributed by atoms with Crippen LogP contribution in [0.25, 0.3) is 32.3 Å². The van der Waals surface area contributed by atoms with Gasteiger partial charge < -0.3 is 0 Å². The minimum Gasteiger partial charge on any atom is -0.0623 e. The van der Waals surface area contributed by atoms with Crippen molar-refractivity contribution in [2.45, 2.75) is 60.1 Å². The molecule has 0 aromatic heterocycles. The summed E-state index contributed by atoms with van der Waals surface area (Å²) < 4.78 is 0. The van der Waals surface area contributed by atoms with Crippen LogP contribution in [0.4, 0.5) is 0 Å². The largest absolute Gasteiger partial charge is 0.114 e. The smallest absolute Gasteiger partial charge is 0.0623 e. The summed E-state index contributed by atoms with van der Waals surface area (Å²) in [6.45, 7) is 22.5. The van der Waals surface area contributed by atoms with Crippen molar-refractivity contribution in [3.63, 3.8) is 0 Å². The lowest BCUT2D eigenvalue weighted by atomic mass is 9.96. The molecule has 0 radical (unpaired) electrons. The summed E-state index contributed by atoms with van der Waals surface area (Å²) in [5.74, 6) is 0. The first-order valence-corrected chi connectivity index (χ1v) is 24.5. The van der Waals surface area contributed by atoms with Crippen LogP contribution in [0.1, 0.15) is 54.2 Å². The highest BCUT2D eigenvalue weighted by atomic mass is 28.3. The van der Waals surface area contributed by atoms with E-state index in [-0.39, 0.29) is 0 Å². The maximum atomic E-state index is 2.59. The normalized spacial score (nSPS) is 19.4. The molecule has 7 rings (SSSR count). The average molecular weight is 595 g/mol. The monoisotopic (exact) mass is 594 g/mol. The molecule has 0 bridgehead atoms. The standard InChI is InChI=1S/C39H42Si3/c1-25-31-16-10-13-19-34(31)40(4,5)37(25)28-22-29(38-26(2)32-17-11-14-20-35(32)41(38,6)7)24-30(23-28)39-27(3)33-18-12-15-21-36(33)42(39,8)9/h10-24H,1-9H3. The fourth-order valence-electron chi connectivity index (χ4n) is 9.07. The molecule has 0 spiro atoms. The Morgan fingerprint density at radius 1 is 0.357 bits per heavy atom. The van der Waals surface area contributed by atoms with E-state index in [1.165, 1.54) is 50.1 Å². The summed E-state index contributed by atoms with van der Waals surface area (Å²) >= 11 is 0. The summed E-state index contributed by atoms with van der Waals surface area (Å²) in [5.41, 5.74) is 13.2. The van der Waals surface area contributed by atoms with Gasteiger partial charge in [0.05, 0.1) is 0 Å². The Bertz CT molecular complexity index is 1690. The SMILES string of the molecule is CC1=C(c2cc(C3=C(C)c4ccccc4[Si]3(C)C)cc(C3=C(C)c4ccccc4[Si]3(C)C)c2)[Si](C)(C)c2ccccc21. The molecule has 3 aliphatic heterocycles. The molecular formula is C39H42Si3. The molecule has 0 nitrogen and oxygen atoms in total. The van der Waals surface area contributed by atoms with Crippen LogP contribution in [0.15, 0.2) is 91.0 Å². The van der Waals surface area contributed by atoms with Gasteiger partial charge in [0.2, 0.25) is 0 Å². The van der Waals surface area contributed by atoms with E-state index in [1.807, 2.05) is 0 Å². The van der Waals surface area contributed by atoms with Crippen molar-refractivity contribution in [1.29, 1.82) is 0 Å². The third-order valence-corrected chi connectivity index (χ3v) is 21.9. The van der Waals surface area contributed by atoms with Gasteiger partial charge in [-0.2, -0.15) is 0 Å². The van der Waals surface area contributed by atoms with Gasteiger partial charge >= 0.3 is 0 Å². The summed E-state index contributed by atoms with van der Waals surface area (Å²) in [7, 11) is -5.64. The highest BCUT2D eigenvalue weighted by Gasteiger charge is 2.43. The third kappa shape index (κ3) is 3.63. The van der Waals surface area contributed by atoms with E-state index < -0.39 is 24.2 Å². The molecule has 0 fully saturated rings. The third-order valence-electron chi connectivity index (χ3n) is 10.8. The second-order valence-electron chi connectivity index (χ2n) is 14.3. The van der Waals surface area contributed by atoms with Crippen molar-refractivity contribution in [2.24, 2.45) is 0 Å². The minimum absolute atomic E-state index is 1.45. The average Bonchev–Trinajstić information content (AvgIpc) is 3.40. The molecular weight excluding hydrogens is 553 g/mol. The molecule has 42 heavy (non-hydrogen) atoms. The lowest BCUT2D eigenvalue weighted by Gasteiger charge is -2.29. The Morgan fingerprint density at radius 2 is 0.595 bits per heavy atom. The van der Waals surface area contributed by atoms with Gasteiger partial charge in [0.1, 0.15) is 24.2 Å². The number of hydrogen-bond donors (Lipinski definition) is 0. The molecule has 3 aliphatic rings. The van der Waals surface area contributed by atoms with Gasteiger partial charge in [-0.3, -0.25) is 0 Å². The van der Waals surface area contributed by atoms with Crippen molar-refractivity contribution in [3.05, 3.63) is 124 Å². The van der Waals surface area contributed by atoms with Gasteiger partial charge in [-0.1, -0.05) is 112 Å². The summed E-state index contributed by atoms with van der Waals surface area (Å²) in [4.78, 5) is 0.